The Hall–Kier alpha value is -3.48. The molecule has 1 aliphatic carbocycles. The summed E-state index contributed by atoms with van der Waals surface area (Å²) in [7, 11) is 0. The van der Waals surface area contributed by atoms with Crippen molar-refractivity contribution in [1.29, 1.82) is 0 Å². The van der Waals surface area contributed by atoms with Gasteiger partial charge in [-0.05, 0) is 69.7 Å². The zero-order chi connectivity index (χ0) is 24.0. The summed E-state index contributed by atoms with van der Waals surface area (Å²) < 4.78 is 17.4. The smallest absolute Gasteiger partial charge is 0.339 e. The van der Waals surface area contributed by atoms with Crippen molar-refractivity contribution in [3.8, 4) is 16.8 Å². The van der Waals surface area contributed by atoms with Gasteiger partial charge in [-0.15, -0.1) is 0 Å². The quantitative estimate of drug-likeness (QED) is 0.532. The molecule has 2 heterocycles. The molecule has 176 valence electrons. The number of aromatic nitrogens is 2. The van der Waals surface area contributed by atoms with Crippen LogP contribution in [0.2, 0.25) is 0 Å². The molecular weight excluding hydrogens is 433 g/mol. The van der Waals surface area contributed by atoms with Crippen LogP contribution >= 0.6 is 0 Å². The van der Waals surface area contributed by atoms with E-state index in [-0.39, 0.29) is 35.0 Å². The average Bonchev–Trinajstić information content (AvgIpc) is 3.56. The Labute approximate surface area is 198 Å². The second-order valence-corrected chi connectivity index (χ2v) is 9.49. The third-order valence-corrected chi connectivity index (χ3v) is 7.06. The molecule has 0 radical (unpaired) electrons. The van der Waals surface area contributed by atoms with Gasteiger partial charge in [0.2, 0.25) is 0 Å². The van der Waals surface area contributed by atoms with Gasteiger partial charge in [0.15, 0.2) is 0 Å². The van der Waals surface area contributed by atoms with E-state index in [4.69, 9.17) is 0 Å². The summed E-state index contributed by atoms with van der Waals surface area (Å²) in [5, 5.41) is 13.9. The molecule has 0 spiro atoms. The Balaban J connectivity index is 1.53. The summed E-state index contributed by atoms with van der Waals surface area (Å²) in [5.41, 5.74) is 2.58. The van der Waals surface area contributed by atoms with Gasteiger partial charge in [0.05, 0.1) is 23.1 Å². The lowest BCUT2D eigenvalue weighted by Gasteiger charge is -2.39. The number of carboxylic acid groups (broad SMARTS) is 1. The number of benzene rings is 2. The molecule has 1 N–H and O–H groups in total. The second-order valence-electron chi connectivity index (χ2n) is 9.49. The topological polar surface area (TPSA) is 75.4 Å². The van der Waals surface area contributed by atoms with Crippen LogP contribution in [0.3, 0.4) is 0 Å². The number of aromatic carboxylic acids is 1. The van der Waals surface area contributed by atoms with Gasteiger partial charge in [-0.2, -0.15) is 5.10 Å². The maximum Gasteiger partial charge on any atom is 0.339 e. The molecule has 1 saturated heterocycles. The fourth-order valence-electron chi connectivity index (χ4n) is 5.16. The van der Waals surface area contributed by atoms with E-state index in [0.29, 0.717) is 22.5 Å². The third kappa shape index (κ3) is 3.89. The first-order valence-electron chi connectivity index (χ1n) is 11.9. The number of likely N-dealkylation sites (tertiary alicyclic amines) is 1. The van der Waals surface area contributed by atoms with Crippen molar-refractivity contribution in [2.45, 2.75) is 64.0 Å². The molecule has 1 saturated carbocycles. The molecule has 7 heteroatoms. The Morgan fingerprint density at radius 2 is 1.71 bits per heavy atom. The van der Waals surface area contributed by atoms with Crippen LogP contribution in [0.1, 0.15) is 78.3 Å². The molecule has 2 unspecified atom stereocenters. The van der Waals surface area contributed by atoms with Crippen molar-refractivity contribution in [2.24, 2.45) is 0 Å². The number of piperidine rings is 1. The summed E-state index contributed by atoms with van der Waals surface area (Å²) in [6.07, 6.45) is 6.15. The van der Waals surface area contributed by atoms with Crippen molar-refractivity contribution >= 4 is 11.9 Å². The van der Waals surface area contributed by atoms with Gasteiger partial charge < -0.3 is 10.0 Å². The summed E-state index contributed by atoms with van der Waals surface area (Å²) in [6, 6.07) is 12.3. The number of nitrogens with zero attached hydrogens (tertiary/aromatic N) is 3. The van der Waals surface area contributed by atoms with Crippen LogP contribution in [0.5, 0.6) is 0 Å². The highest BCUT2D eigenvalue weighted by atomic mass is 19.1. The molecule has 6 nitrogen and oxygen atoms in total. The van der Waals surface area contributed by atoms with Crippen molar-refractivity contribution in [3.63, 3.8) is 0 Å². The molecule has 1 aromatic heterocycles. The predicted octanol–water partition coefficient (Wildman–Crippen LogP) is 5.66. The lowest BCUT2D eigenvalue weighted by Crippen LogP contribution is -2.47. The van der Waals surface area contributed by atoms with Crippen molar-refractivity contribution in [1.82, 2.24) is 14.7 Å². The lowest BCUT2D eigenvalue weighted by atomic mass is 9.95. The Kier molecular flexibility index (Phi) is 5.71. The molecule has 2 fully saturated rings. The lowest BCUT2D eigenvalue weighted by molar-refractivity contribution is 0.0505. The van der Waals surface area contributed by atoms with Crippen LogP contribution in [-0.4, -0.2) is 43.7 Å². The number of halogens is 1. The van der Waals surface area contributed by atoms with Crippen LogP contribution in [0, 0.1) is 5.82 Å². The van der Waals surface area contributed by atoms with Crippen LogP contribution in [0.25, 0.3) is 16.8 Å². The first-order chi connectivity index (χ1) is 16.4. The van der Waals surface area contributed by atoms with E-state index in [9.17, 15) is 14.7 Å². The molecule has 1 aliphatic heterocycles. The van der Waals surface area contributed by atoms with Crippen LogP contribution < -0.4 is 0 Å². The minimum absolute atomic E-state index is 0.0757. The van der Waals surface area contributed by atoms with Crippen molar-refractivity contribution in [2.75, 3.05) is 0 Å². The van der Waals surface area contributed by atoms with Gasteiger partial charge >= 0.3 is 5.97 Å². The zero-order valence-corrected chi connectivity index (χ0v) is 19.4. The average molecular weight is 462 g/mol. The maximum absolute atomic E-state index is 15.7. The van der Waals surface area contributed by atoms with E-state index in [2.05, 4.69) is 5.10 Å². The fourth-order valence-corrected chi connectivity index (χ4v) is 5.16. The number of amides is 1. The normalized spacial score (nSPS) is 20.4. The first kappa shape index (κ1) is 22.3. The molecule has 3 aromatic rings. The van der Waals surface area contributed by atoms with Crippen molar-refractivity contribution in [3.05, 3.63) is 71.3 Å². The Morgan fingerprint density at radius 1 is 1.00 bits per heavy atom. The number of rotatable bonds is 5. The highest BCUT2D eigenvalue weighted by Gasteiger charge is 2.33. The summed E-state index contributed by atoms with van der Waals surface area (Å²) in [5.74, 6) is -1.64. The van der Waals surface area contributed by atoms with Gasteiger partial charge in [-0.1, -0.05) is 24.3 Å². The molecule has 0 bridgehead atoms. The maximum atomic E-state index is 15.7. The van der Waals surface area contributed by atoms with Crippen LogP contribution in [0.15, 0.2) is 48.7 Å². The molecule has 2 aliphatic rings. The standard InChI is InChI=1S/C27H28FN3O3/c1-16-6-3-7-17(2)30(16)26(32)22-11-5-10-21(24(22)28)19-8-4-9-20(14-19)31-25(18-12-13-18)23(15-29-31)27(33)34/h4-5,8-11,14-18H,3,6-7,12-13H2,1-2H3,(H,33,34). The number of hydrogen-bond acceptors (Lipinski definition) is 3. The van der Waals surface area contributed by atoms with Gasteiger partial charge in [0.1, 0.15) is 11.4 Å². The fraction of sp³-hybridized carbons (Fsp3) is 0.370. The number of carbonyl (C=O) groups excluding carboxylic acids is 1. The highest BCUT2D eigenvalue weighted by molar-refractivity contribution is 5.96. The predicted molar refractivity (Wildman–Crippen MR) is 127 cm³/mol. The molecule has 5 rings (SSSR count). The largest absolute Gasteiger partial charge is 0.478 e. The van der Waals surface area contributed by atoms with Crippen molar-refractivity contribution < 1.29 is 19.1 Å². The molecule has 1 amide bonds. The Morgan fingerprint density at radius 3 is 2.38 bits per heavy atom. The van der Waals surface area contributed by atoms with Gasteiger partial charge in [-0.3, -0.25) is 4.79 Å². The number of carbonyl (C=O) groups is 2. The Bertz CT molecular complexity index is 1250. The summed E-state index contributed by atoms with van der Waals surface area (Å²) in [4.78, 5) is 26.8. The van der Waals surface area contributed by atoms with Gasteiger partial charge in [0, 0.05) is 23.6 Å². The highest BCUT2D eigenvalue weighted by Crippen LogP contribution is 2.42. The third-order valence-electron chi connectivity index (χ3n) is 7.06. The summed E-state index contributed by atoms with van der Waals surface area (Å²) >= 11 is 0. The van der Waals surface area contributed by atoms with E-state index in [1.54, 1.807) is 46.0 Å². The second kappa shape index (κ2) is 8.70. The van der Waals surface area contributed by atoms with Crippen LogP contribution in [0.4, 0.5) is 4.39 Å². The molecule has 34 heavy (non-hydrogen) atoms. The zero-order valence-electron chi connectivity index (χ0n) is 19.4. The van der Waals surface area contributed by atoms with E-state index in [1.807, 2.05) is 19.9 Å². The van der Waals surface area contributed by atoms with E-state index < -0.39 is 11.8 Å². The summed E-state index contributed by atoms with van der Waals surface area (Å²) in [6.45, 7) is 4.04. The van der Waals surface area contributed by atoms with E-state index in [0.717, 1.165) is 32.1 Å². The van der Waals surface area contributed by atoms with E-state index in [1.165, 1.54) is 6.20 Å². The number of carboxylic acids is 1. The molecule has 2 aromatic carbocycles. The minimum atomic E-state index is -0.997. The van der Waals surface area contributed by atoms with Gasteiger partial charge in [0.25, 0.3) is 5.91 Å². The SMILES string of the molecule is CC1CCCC(C)N1C(=O)c1cccc(-c2cccc(-n3ncc(C(=O)O)c3C3CC3)c2)c1F. The van der Waals surface area contributed by atoms with E-state index >= 15 is 4.39 Å². The molecular formula is C27H28FN3O3. The first-order valence-corrected chi connectivity index (χ1v) is 11.9. The number of hydrogen-bond donors (Lipinski definition) is 1. The molecule has 2 atom stereocenters. The minimum Gasteiger partial charge on any atom is -0.478 e. The van der Waals surface area contributed by atoms with Crippen LogP contribution in [-0.2, 0) is 0 Å². The monoisotopic (exact) mass is 461 g/mol. The van der Waals surface area contributed by atoms with Gasteiger partial charge in [-0.25, -0.2) is 13.9 Å².